The van der Waals surface area contributed by atoms with Gasteiger partial charge in [-0.2, -0.15) is 10.1 Å². The van der Waals surface area contributed by atoms with Crippen molar-refractivity contribution in [3.05, 3.63) is 106 Å². The molecule has 3 aromatic carbocycles. The van der Waals surface area contributed by atoms with Crippen LogP contribution in [0.15, 0.2) is 94.2 Å². The first kappa shape index (κ1) is 25.4. The SMILES string of the molecule is Cc1ccc2nc(N(/N=C/c3cccs3)C(=O)c3ccc(S(=O)(=O)N4CCCc5ccccc54)cc3)sc2c1. The number of carbonyl (C=O) groups is 1. The highest BCUT2D eigenvalue weighted by molar-refractivity contribution is 7.92. The van der Waals surface area contributed by atoms with E-state index in [9.17, 15) is 13.2 Å². The second kappa shape index (κ2) is 10.4. The number of aryl methyl sites for hydroxylation is 2. The summed E-state index contributed by atoms with van der Waals surface area (Å²) in [5.74, 6) is -0.397. The molecule has 5 aromatic rings. The van der Waals surface area contributed by atoms with Crippen LogP contribution in [0.3, 0.4) is 0 Å². The molecule has 0 radical (unpaired) electrons. The van der Waals surface area contributed by atoms with Crippen molar-refractivity contribution < 1.29 is 13.2 Å². The van der Waals surface area contributed by atoms with Crippen LogP contribution in [0.2, 0.25) is 0 Å². The lowest BCUT2D eigenvalue weighted by Crippen LogP contribution is -2.35. The van der Waals surface area contributed by atoms with Crippen molar-refractivity contribution in [3.8, 4) is 0 Å². The molecular formula is C29H24N4O3S3. The molecule has 196 valence electrons. The number of sulfonamides is 1. The van der Waals surface area contributed by atoms with Crippen LogP contribution in [0.1, 0.15) is 32.8 Å². The number of hydrogen-bond donors (Lipinski definition) is 0. The number of carbonyl (C=O) groups excluding carboxylic acids is 1. The van der Waals surface area contributed by atoms with Gasteiger partial charge in [0.2, 0.25) is 5.13 Å². The maximum Gasteiger partial charge on any atom is 0.280 e. The third-order valence-electron chi connectivity index (χ3n) is 6.51. The number of hydrogen-bond acceptors (Lipinski definition) is 7. The van der Waals surface area contributed by atoms with Crippen LogP contribution in [0.5, 0.6) is 0 Å². The Kier molecular flexibility index (Phi) is 6.76. The van der Waals surface area contributed by atoms with E-state index in [1.54, 1.807) is 6.21 Å². The quantitative estimate of drug-likeness (QED) is 0.172. The van der Waals surface area contributed by atoms with E-state index in [0.29, 0.717) is 22.9 Å². The van der Waals surface area contributed by atoms with Crippen molar-refractivity contribution in [2.45, 2.75) is 24.7 Å². The van der Waals surface area contributed by atoms with Gasteiger partial charge >= 0.3 is 0 Å². The molecular weight excluding hydrogens is 549 g/mol. The first-order valence-corrected chi connectivity index (χ1v) is 15.5. The summed E-state index contributed by atoms with van der Waals surface area (Å²) in [5.41, 5.74) is 3.93. The topological polar surface area (TPSA) is 82.9 Å². The van der Waals surface area contributed by atoms with E-state index in [-0.39, 0.29) is 4.90 Å². The third kappa shape index (κ3) is 4.98. The van der Waals surface area contributed by atoms with Crippen LogP contribution >= 0.6 is 22.7 Å². The molecule has 0 aliphatic carbocycles. The average molecular weight is 573 g/mol. The van der Waals surface area contributed by atoms with Crippen LogP contribution in [-0.4, -0.2) is 32.1 Å². The van der Waals surface area contributed by atoms with Gasteiger partial charge in [-0.1, -0.05) is 41.7 Å². The normalized spacial score (nSPS) is 13.6. The summed E-state index contributed by atoms with van der Waals surface area (Å²) in [4.78, 5) is 19.4. The molecule has 1 amide bonds. The zero-order valence-corrected chi connectivity index (χ0v) is 23.5. The van der Waals surface area contributed by atoms with Gasteiger partial charge in [-0.3, -0.25) is 9.10 Å². The number of benzene rings is 3. The number of hydrazone groups is 1. The number of thiophene rings is 1. The van der Waals surface area contributed by atoms with Crippen molar-refractivity contribution in [1.29, 1.82) is 0 Å². The number of thiazole rings is 1. The summed E-state index contributed by atoms with van der Waals surface area (Å²) >= 11 is 2.89. The molecule has 3 heterocycles. The van der Waals surface area contributed by atoms with E-state index < -0.39 is 15.9 Å². The molecule has 39 heavy (non-hydrogen) atoms. The van der Waals surface area contributed by atoms with Crippen LogP contribution < -0.4 is 9.31 Å². The number of nitrogens with zero attached hydrogens (tertiary/aromatic N) is 4. The van der Waals surface area contributed by atoms with Gasteiger partial charge in [0, 0.05) is 17.0 Å². The first-order valence-electron chi connectivity index (χ1n) is 12.4. The standard InChI is InChI=1S/C29H24N4O3S3/c1-20-10-15-25-27(18-20)38-29(31-25)33(30-19-23-8-5-17-37-23)28(34)22-11-13-24(14-12-22)39(35,36)32-16-4-7-21-6-2-3-9-26(21)32/h2-3,5-6,8-15,17-19H,4,7,16H2,1H3/b30-19+. The number of anilines is 2. The Bertz CT molecular complexity index is 1790. The van der Waals surface area contributed by atoms with Crippen molar-refractivity contribution in [1.82, 2.24) is 4.98 Å². The lowest BCUT2D eigenvalue weighted by atomic mass is 10.0. The number of aromatic nitrogens is 1. The summed E-state index contributed by atoms with van der Waals surface area (Å²) in [5, 5.41) is 8.15. The monoisotopic (exact) mass is 572 g/mol. The van der Waals surface area contributed by atoms with Crippen molar-refractivity contribution in [2.24, 2.45) is 5.10 Å². The largest absolute Gasteiger partial charge is 0.280 e. The van der Waals surface area contributed by atoms with Gasteiger partial charge in [0.15, 0.2) is 0 Å². The minimum absolute atomic E-state index is 0.139. The van der Waals surface area contributed by atoms with Gasteiger partial charge < -0.3 is 0 Å². The van der Waals surface area contributed by atoms with Crippen LogP contribution in [-0.2, 0) is 16.4 Å². The molecule has 0 saturated heterocycles. The Labute approximate surface area is 234 Å². The molecule has 0 unspecified atom stereocenters. The highest BCUT2D eigenvalue weighted by Crippen LogP contribution is 2.33. The molecule has 0 fully saturated rings. The summed E-state index contributed by atoms with van der Waals surface area (Å²) in [6.07, 6.45) is 3.24. The Morgan fingerprint density at radius 2 is 1.87 bits per heavy atom. The van der Waals surface area contributed by atoms with Gasteiger partial charge in [0.05, 0.1) is 27.0 Å². The van der Waals surface area contributed by atoms with E-state index in [1.807, 2.05) is 66.9 Å². The van der Waals surface area contributed by atoms with Gasteiger partial charge in [0.25, 0.3) is 15.9 Å². The number of amides is 1. The molecule has 10 heteroatoms. The fraction of sp³-hybridized carbons (Fsp3) is 0.138. The zero-order chi connectivity index (χ0) is 27.0. The molecule has 6 rings (SSSR count). The van der Waals surface area contributed by atoms with Crippen LogP contribution in [0, 0.1) is 6.92 Å². The van der Waals surface area contributed by atoms with Crippen molar-refractivity contribution >= 4 is 65.9 Å². The molecule has 2 aromatic heterocycles. The van der Waals surface area contributed by atoms with Gasteiger partial charge in [-0.05, 0) is 84.8 Å². The summed E-state index contributed by atoms with van der Waals surface area (Å²) in [6, 6.07) is 23.4. The number of fused-ring (bicyclic) bond motifs is 2. The second-order valence-electron chi connectivity index (χ2n) is 9.18. The molecule has 1 aliphatic heterocycles. The Balaban J connectivity index is 1.33. The van der Waals surface area contributed by atoms with Crippen LogP contribution in [0.25, 0.3) is 10.2 Å². The van der Waals surface area contributed by atoms with Crippen molar-refractivity contribution in [3.63, 3.8) is 0 Å². The smallest absolute Gasteiger partial charge is 0.267 e. The molecule has 0 bridgehead atoms. The molecule has 7 nitrogen and oxygen atoms in total. The molecule has 0 atom stereocenters. The first-order chi connectivity index (χ1) is 18.9. The number of rotatable bonds is 6. The lowest BCUT2D eigenvalue weighted by Gasteiger charge is -2.30. The Hall–Kier alpha value is -3.86. The minimum atomic E-state index is -3.78. The Morgan fingerprint density at radius 1 is 1.05 bits per heavy atom. The molecule has 0 N–H and O–H groups in total. The van der Waals surface area contributed by atoms with Gasteiger partial charge in [0.1, 0.15) is 0 Å². The number of para-hydroxylation sites is 1. The maximum absolute atomic E-state index is 13.7. The van der Waals surface area contributed by atoms with Gasteiger partial charge in [-0.15, -0.1) is 11.3 Å². The molecule has 0 saturated carbocycles. The third-order valence-corrected chi connectivity index (χ3v) is 10.1. The fourth-order valence-electron chi connectivity index (χ4n) is 4.55. The Morgan fingerprint density at radius 3 is 2.67 bits per heavy atom. The zero-order valence-electron chi connectivity index (χ0n) is 21.0. The predicted molar refractivity (Wildman–Crippen MR) is 159 cm³/mol. The second-order valence-corrected chi connectivity index (χ2v) is 13.0. The van der Waals surface area contributed by atoms with Crippen molar-refractivity contribution in [2.75, 3.05) is 15.9 Å². The highest BCUT2D eigenvalue weighted by Gasteiger charge is 2.29. The highest BCUT2D eigenvalue weighted by atomic mass is 32.2. The van der Waals surface area contributed by atoms with E-state index >= 15 is 0 Å². The van der Waals surface area contributed by atoms with Gasteiger partial charge in [-0.25, -0.2) is 13.4 Å². The summed E-state index contributed by atoms with van der Waals surface area (Å²) in [6.45, 7) is 2.43. The van der Waals surface area contributed by atoms with E-state index in [0.717, 1.165) is 39.1 Å². The fourth-order valence-corrected chi connectivity index (χ4v) is 7.69. The van der Waals surface area contributed by atoms with E-state index in [4.69, 9.17) is 0 Å². The van der Waals surface area contributed by atoms with E-state index in [1.165, 1.54) is 56.3 Å². The summed E-state index contributed by atoms with van der Waals surface area (Å²) in [7, 11) is -3.78. The maximum atomic E-state index is 13.7. The molecule has 1 aliphatic rings. The summed E-state index contributed by atoms with van der Waals surface area (Å²) < 4.78 is 29.5. The minimum Gasteiger partial charge on any atom is -0.267 e. The predicted octanol–water partition coefficient (Wildman–Crippen LogP) is 6.49. The average Bonchev–Trinajstić information content (AvgIpc) is 3.62. The van der Waals surface area contributed by atoms with Crippen LogP contribution in [0.4, 0.5) is 10.8 Å². The van der Waals surface area contributed by atoms with E-state index in [2.05, 4.69) is 10.1 Å². The molecule has 0 spiro atoms. The lowest BCUT2D eigenvalue weighted by molar-refractivity contribution is 0.0987.